The number of esters is 2. The summed E-state index contributed by atoms with van der Waals surface area (Å²) in [5.41, 5.74) is 0. The van der Waals surface area contributed by atoms with Crippen molar-refractivity contribution in [2.24, 2.45) is 5.92 Å². The zero-order chi connectivity index (χ0) is 18.3. The van der Waals surface area contributed by atoms with E-state index in [2.05, 4.69) is 4.74 Å². The largest absolute Gasteiger partial charge is 0.467 e. The molecule has 23 heavy (non-hydrogen) atoms. The van der Waals surface area contributed by atoms with Gasteiger partial charge in [0.2, 0.25) is 0 Å². The van der Waals surface area contributed by atoms with Crippen molar-refractivity contribution in [3.05, 3.63) is 0 Å². The second-order valence-corrected chi connectivity index (χ2v) is 8.23. The average Bonchev–Trinajstić information content (AvgIpc) is 2.45. The Labute approximate surface area is 138 Å². The predicted octanol–water partition coefficient (Wildman–Crippen LogP) is 3.16. The molecule has 0 amide bonds. The fraction of sp³-hybridized carbons (Fsp3) is 0.867. The summed E-state index contributed by atoms with van der Waals surface area (Å²) < 4.78 is 33.8. The number of methoxy groups -OCH3 is 1. The van der Waals surface area contributed by atoms with E-state index in [4.69, 9.17) is 13.8 Å². The van der Waals surface area contributed by atoms with E-state index in [1.165, 1.54) is 21.0 Å². The van der Waals surface area contributed by atoms with Crippen molar-refractivity contribution in [2.75, 3.05) is 20.3 Å². The van der Waals surface area contributed by atoms with E-state index in [1.54, 1.807) is 13.8 Å². The molecule has 8 heteroatoms. The number of rotatable bonds is 10. The van der Waals surface area contributed by atoms with Gasteiger partial charge < -0.3 is 14.0 Å². The van der Waals surface area contributed by atoms with Crippen LogP contribution in [0.4, 0.5) is 0 Å². The Hall–Kier alpha value is -0.910. The van der Waals surface area contributed by atoms with Gasteiger partial charge in [0, 0.05) is 0 Å². The maximum atomic E-state index is 13.4. The summed E-state index contributed by atoms with van der Waals surface area (Å²) in [5.74, 6) is -1.32. The van der Waals surface area contributed by atoms with Crippen LogP contribution in [-0.2, 0) is 32.7 Å². The van der Waals surface area contributed by atoms with Gasteiger partial charge in [-0.1, -0.05) is 13.8 Å². The Bertz CT molecular complexity index is 449. The van der Waals surface area contributed by atoms with Gasteiger partial charge in [-0.3, -0.25) is 13.9 Å². The third-order valence-corrected chi connectivity index (χ3v) is 6.02. The summed E-state index contributed by atoms with van der Waals surface area (Å²) in [5, 5.41) is -1.50. The minimum absolute atomic E-state index is 0.0372. The third-order valence-electron chi connectivity index (χ3n) is 3.25. The van der Waals surface area contributed by atoms with Crippen LogP contribution in [-0.4, -0.2) is 43.5 Å². The molecule has 0 aliphatic carbocycles. The second kappa shape index (κ2) is 9.40. The van der Waals surface area contributed by atoms with E-state index in [1.807, 2.05) is 13.8 Å². The molecule has 0 spiro atoms. The number of ether oxygens (including phenoxy) is 2. The molecule has 0 aromatic carbocycles. The molecule has 0 aliphatic rings. The van der Waals surface area contributed by atoms with Crippen LogP contribution in [0.25, 0.3) is 0 Å². The molecular formula is C15H29O7P. The maximum Gasteiger partial charge on any atom is 0.348 e. The lowest BCUT2D eigenvalue weighted by Crippen LogP contribution is -2.41. The molecule has 0 aromatic heterocycles. The lowest BCUT2D eigenvalue weighted by molar-refractivity contribution is -0.151. The molecule has 0 bridgehead atoms. The van der Waals surface area contributed by atoms with Gasteiger partial charge in [-0.25, -0.2) is 4.79 Å². The molecule has 0 saturated carbocycles. The average molecular weight is 352 g/mol. The van der Waals surface area contributed by atoms with E-state index >= 15 is 0 Å². The highest BCUT2D eigenvalue weighted by molar-refractivity contribution is 7.56. The highest BCUT2D eigenvalue weighted by atomic mass is 31.2. The van der Waals surface area contributed by atoms with Gasteiger partial charge in [0.1, 0.15) is 0 Å². The number of hydrogen-bond acceptors (Lipinski definition) is 7. The topological polar surface area (TPSA) is 88.1 Å². The van der Waals surface area contributed by atoms with Crippen LogP contribution in [0.3, 0.4) is 0 Å². The molecule has 0 aromatic rings. The molecule has 0 fully saturated rings. The van der Waals surface area contributed by atoms with Crippen molar-refractivity contribution in [2.45, 2.75) is 59.2 Å². The smallest absolute Gasteiger partial charge is 0.348 e. The first kappa shape index (κ1) is 22.1. The molecule has 3 unspecified atom stereocenters. The molecule has 0 radical (unpaired) electrons. The Morgan fingerprint density at radius 1 is 1.13 bits per heavy atom. The lowest BCUT2D eigenvalue weighted by atomic mass is 9.98. The number of hydrogen-bond donors (Lipinski definition) is 0. The van der Waals surface area contributed by atoms with E-state index in [0.717, 1.165) is 0 Å². The Morgan fingerprint density at radius 2 is 1.70 bits per heavy atom. The first-order valence-corrected chi connectivity index (χ1v) is 9.30. The lowest BCUT2D eigenvalue weighted by Gasteiger charge is -2.36. The highest BCUT2D eigenvalue weighted by Gasteiger charge is 2.55. The van der Waals surface area contributed by atoms with Gasteiger partial charge >= 0.3 is 19.5 Å². The molecule has 136 valence electrons. The standard InChI is InChI=1S/C15H29O7P/c1-8-20-14(17)15(6,10-11(3)4)23(18,21-9-2)22-12(5)13(16)19-7/h11-12H,8-10H2,1-7H3. The Balaban J connectivity index is 5.80. The molecule has 0 aliphatic heterocycles. The SMILES string of the molecule is CCOC(=O)C(C)(CC(C)C)P(=O)(OCC)OC(C)C(=O)OC. The summed E-state index contributed by atoms with van der Waals surface area (Å²) in [4.78, 5) is 24.1. The normalized spacial score (nSPS) is 17.9. The van der Waals surface area contributed by atoms with Crippen molar-refractivity contribution in [1.82, 2.24) is 0 Å². The molecular weight excluding hydrogens is 323 g/mol. The van der Waals surface area contributed by atoms with Crippen molar-refractivity contribution >= 4 is 19.5 Å². The summed E-state index contributed by atoms with van der Waals surface area (Å²) in [6.45, 7) is 10.2. The van der Waals surface area contributed by atoms with E-state index in [-0.39, 0.29) is 25.6 Å². The van der Waals surface area contributed by atoms with Crippen molar-refractivity contribution < 1.29 is 32.7 Å². The summed E-state index contributed by atoms with van der Waals surface area (Å²) in [6.07, 6.45) is -0.893. The molecule has 0 rings (SSSR count). The highest BCUT2D eigenvalue weighted by Crippen LogP contribution is 2.63. The molecule has 0 N–H and O–H groups in total. The fourth-order valence-electron chi connectivity index (χ4n) is 2.26. The quantitative estimate of drug-likeness (QED) is 0.441. The van der Waals surface area contributed by atoms with Gasteiger partial charge in [-0.2, -0.15) is 0 Å². The molecule has 7 nitrogen and oxygen atoms in total. The van der Waals surface area contributed by atoms with E-state index in [0.29, 0.717) is 0 Å². The fourth-order valence-corrected chi connectivity index (χ4v) is 4.56. The van der Waals surface area contributed by atoms with Gasteiger partial charge in [-0.05, 0) is 40.0 Å². The summed E-state index contributed by atoms with van der Waals surface area (Å²) in [7, 11) is -2.78. The van der Waals surface area contributed by atoms with Gasteiger partial charge in [0.25, 0.3) is 0 Å². The van der Waals surface area contributed by atoms with Gasteiger partial charge in [0.05, 0.1) is 20.3 Å². The van der Waals surface area contributed by atoms with Crippen LogP contribution in [0.15, 0.2) is 0 Å². The summed E-state index contributed by atoms with van der Waals surface area (Å²) in [6, 6.07) is 0. The number of carbonyl (C=O) groups excluding carboxylic acids is 2. The summed E-state index contributed by atoms with van der Waals surface area (Å²) >= 11 is 0. The van der Waals surface area contributed by atoms with Crippen LogP contribution in [0, 0.1) is 5.92 Å². The van der Waals surface area contributed by atoms with Crippen molar-refractivity contribution in [1.29, 1.82) is 0 Å². The van der Waals surface area contributed by atoms with Crippen LogP contribution in [0.5, 0.6) is 0 Å². The van der Waals surface area contributed by atoms with E-state index < -0.39 is 30.8 Å². The molecule has 0 saturated heterocycles. The van der Waals surface area contributed by atoms with Crippen molar-refractivity contribution in [3.63, 3.8) is 0 Å². The van der Waals surface area contributed by atoms with Crippen LogP contribution < -0.4 is 0 Å². The Morgan fingerprint density at radius 3 is 2.09 bits per heavy atom. The van der Waals surface area contributed by atoms with Gasteiger partial charge in [-0.15, -0.1) is 0 Å². The van der Waals surface area contributed by atoms with E-state index in [9.17, 15) is 14.2 Å². The molecule has 3 atom stereocenters. The zero-order valence-electron chi connectivity index (χ0n) is 15.1. The van der Waals surface area contributed by atoms with Crippen molar-refractivity contribution in [3.8, 4) is 0 Å². The first-order chi connectivity index (χ1) is 10.6. The predicted molar refractivity (Wildman–Crippen MR) is 86.3 cm³/mol. The van der Waals surface area contributed by atoms with Gasteiger partial charge in [0.15, 0.2) is 11.3 Å². The first-order valence-electron chi connectivity index (χ1n) is 7.76. The maximum absolute atomic E-state index is 13.4. The zero-order valence-corrected chi connectivity index (χ0v) is 16.0. The minimum atomic E-state index is -3.98. The van der Waals surface area contributed by atoms with Crippen LogP contribution in [0.1, 0.15) is 48.0 Å². The number of carbonyl (C=O) groups is 2. The van der Waals surface area contributed by atoms with Crippen LogP contribution >= 0.6 is 7.60 Å². The monoisotopic (exact) mass is 352 g/mol. The second-order valence-electron chi connectivity index (χ2n) is 5.78. The third kappa shape index (κ3) is 5.59. The Kier molecular flexibility index (Phi) is 9.03. The molecule has 0 heterocycles. The minimum Gasteiger partial charge on any atom is -0.467 e. The van der Waals surface area contributed by atoms with Crippen LogP contribution in [0.2, 0.25) is 0 Å².